The number of imidazole rings is 1. The van der Waals surface area contributed by atoms with E-state index in [9.17, 15) is 14.7 Å². The van der Waals surface area contributed by atoms with Gasteiger partial charge in [-0.1, -0.05) is 25.5 Å². The average Bonchev–Trinajstić information content (AvgIpc) is 3.58. The number of ether oxygens (including phenoxy) is 1. The number of hydrogen-bond acceptors (Lipinski definition) is 6. The SMILES string of the molecule is CCCCN(CCN)C(=O)CN1C[C@H](c2ccc3c(c2)CCO3)[C@@H](C(=O)O)[C@@H]1CCc1nccn1C. The van der Waals surface area contributed by atoms with Crippen molar-refractivity contribution in [2.24, 2.45) is 18.7 Å². The topological polar surface area (TPSA) is 114 Å². The first kappa shape index (κ1) is 26.2. The largest absolute Gasteiger partial charge is 0.493 e. The van der Waals surface area contributed by atoms with E-state index in [-0.39, 0.29) is 24.4 Å². The smallest absolute Gasteiger partial charge is 0.308 e. The summed E-state index contributed by atoms with van der Waals surface area (Å²) in [4.78, 5) is 34.4. The number of nitrogens with two attached hydrogens (primary N) is 1. The van der Waals surface area contributed by atoms with Crippen LogP contribution in [0.5, 0.6) is 5.75 Å². The summed E-state index contributed by atoms with van der Waals surface area (Å²) in [7, 11) is 1.95. The number of carbonyl (C=O) groups excluding carboxylic acids is 1. The van der Waals surface area contributed by atoms with E-state index < -0.39 is 11.9 Å². The number of hydrogen-bond donors (Lipinski definition) is 2. The Balaban J connectivity index is 1.60. The summed E-state index contributed by atoms with van der Waals surface area (Å²) in [6.07, 6.45) is 7.67. The first-order valence-electron chi connectivity index (χ1n) is 13.1. The third-order valence-electron chi connectivity index (χ3n) is 7.63. The van der Waals surface area contributed by atoms with Crippen LogP contribution in [0.15, 0.2) is 30.6 Å². The number of rotatable bonds is 12. The highest BCUT2D eigenvalue weighted by Gasteiger charge is 2.47. The lowest BCUT2D eigenvalue weighted by atomic mass is 9.83. The van der Waals surface area contributed by atoms with Crippen molar-refractivity contribution in [3.63, 3.8) is 0 Å². The van der Waals surface area contributed by atoms with Crippen LogP contribution in [-0.4, -0.2) is 81.7 Å². The maximum atomic E-state index is 13.3. The molecule has 1 amide bonds. The Morgan fingerprint density at radius 3 is 2.83 bits per heavy atom. The highest BCUT2D eigenvalue weighted by molar-refractivity contribution is 5.79. The minimum atomic E-state index is -0.818. The van der Waals surface area contributed by atoms with E-state index in [1.807, 2.05) is 34.8 Å². The summed E-state index contributed by atoms with van der Waals surface area (Å²) < 4.78 is 7.63. The van der Waals surface area contributed by atoms with Gasteiger partial charge in [-0.05, 0) is 30.0 Å². The molecule has 9 nitrogen and oxygen atoms in total. The fraction of sp³-hybridized carbons (Fsp3) is 0.593. The summed E-state index contributed by atoms with van der Waals surface area (Å²) in [5.41, 5.74) is 7.93. The minimum absolute atomic E-state index is 0.0167. The Labute approximate surface area is 213 Å². The number of amides is 1. The van der Waals surface area contributed by atoms with Gasteiger partial charge in [0.25, 0.3) is 0 Å². The van der Waals surface area contributed by atoms with Gasteiger partial charge in [0.1, 0.15) is 11.6 Å². The van der Waals surface area contributed by atoms with Crippen molar-refractivity contribution in [3.8, 4) is 5.75 Å². The molecular weight excluding hydrogens is 458 g/mol. The van der Waals surface area contributed by atoms with Gasteiger partial charge >= 0.3 is 5.97 Å². The summed E-state index contributed by atoms with van der Waals surface area (Å²) in [5.74, 6) is 0.180. The molecule has 3 atom stereocenters. The van der Waals surface area contributed by atoms with Crippen molar-refractivity contribution in [1.82, 2.24) is 19.4 Å². The van der Waals surface area contributed by atoms with E-state index in [1.165, 1.54) is 0 Å². The molecule has 3 heterocycles. The average molecular weight is 498 g/mol. The van der Waals surface area contributed by atoms with Gasteiger partial charge in [-0.15, -0.1) is 0 Å². The van der Waals surface area contributed by atoms with Crippen molar-refractivity contribution in [2.45, 2.75) is 51.0 Å². The molecule has 2 aliphatic heterocycles. The highest BCUT2D eigenvalue weighted by atomic mass is 16.5. The molecule has 1 aromatic carbocycles. The third kappa shape index (κ3) is 5.73. The second-order valence-electron chi connectivity index (χ2n) is 9.95. The summed E-state index contributed by atoms with van der Waals surface area (Å²) in [6.45, 7) is 5.09. The fourth-order valence-corrected chi connectivity index (χ4v) is 5.68. The van der Waals surface area contributed by atoms with Gasteiger partial charge < -0.3 is 25.0 Å². The van der Waals surface area contributed by atoms with E-state index >= 15 is 0 Å². The molecule has 0 saturated carbocycles. The molecule has 0 bridgehead atoms. The highest BCUT2D eigenvalue weighted by Crippen LogP contribution is 2.41. The predicted octanol–water partition coefficient (Wildman–Crippen LogP) is 2.04. The number of carboxylic acid groups (broad SMARTS) is 1. The van der Waals surface area contributed by atoms with Gasteiger partial charge in [-0.25, -0.2) is 4.98 Å². The maximum absolute atomic E-state index is 13.3. The predicted molar refractivity (Wildman–Crippen MR) is 137 cm³/mol. The number of benzene rings is 1. The van der Waals surface area contributed by atoms with E-state index in [2.05, 4.69) is 22.9 Å². The Bertz CT molecular complexity index is 1050. The molecule has 3 N–H and O–H groups in total. The summed E-state index contributed by atoms with van der Waals surface area (Å²) in [6, 6.07) is 5.78. The lowest BCUT2D eigenvalue weighted by molar-refractivity contribution is -0.143. The van der Waals surface area contributed by atoms with Crippen LogP contribution in [0, 0.1) is 5.92 Å². The number of carbonyl (C=O) groups is 2. The summed E-state index contributed by atoms with van der Waals surface area (Å²) in [5, 5.41) is 10.4. The standard InChI is InChI=1S/C27H39N5O4/c1-3-4-12-31(13-10-28)25(33)18-32-17-21(19-5-7-23-20(16-19)9-15-36-23)26(27(34)35)22(32)6-8-24-29-11-14-30(24)2/h5,7,11,14,16,21-22,26H,3-4,6,8-10,12-13,15,17-18,28H2,1-2H3,(H,34,35)/t21-,22+,26-/m1/s1. The van der Waals surface area contributed by atoms with Gasteiger partial charge in [0.05, 0.1) is 19.1 Å². The van der Waals surface area contributed by atoms with Crippen molar-refractivity contribution >= 4 is 11.9 Å². The monoisotopic (exact) mass is 497 g/mol. The molecule has 1 aromatic heterocycles. The number of likely N-dealkylation sites (tertiary alicyclic amines) is 1. The van der Waals surface area contributed by atoms with Crippen molar-refractivity contribution in [2.75, 3.05) is 39.3 Å². The second kappa shape index (κ2) is 11.9. The molecule has 0 radical (unpaired) electrons. The third-order valence-corrected chi connectivity index (χ3v) is 7.63. The fourth-order valence-electron chi connectivity index (χ4n) is 5.68. The Hall–Kier alpha value is -2.91. The summed E-state index contributed by atoms with van der Waals surface area (Å²) >= 11 is 0. The van der Waals surface area contributed by atoms with Crippen LogP contribution in [0.1, 0.15) is 49.1 Å². The van der Waals surface area contributed by atoms with Gasteiger partial charge in [0.2, 0.25) is 5.91 Å². The molecule has 2 aliphatic rings. The van der Waals surface area contributed by atoms with E-state index in [4.69, 9.17) is 10.5 Å². The molecule has 1 fully saturated rings. The first-order valence-corrected chi connectivity index (χ1v) is 13.1. The molecule has 2 aromatic rings. The normalized spacial score (nSPS) is 21.4. The maximum Gasteiger partial charge on any atom is 0.308 e. The Kier molecular flexibility index (Phi) is 8.64. The molecule has 196 valence electrons. The van der Waals surface area contributed by atoms with Gasteiger partial charge in [-0.3, -0.25) is 14.5 Å². The molecule has 4 rings (SSSR count). The van der Waals surface area contributed by atoms with Crippen LogP contribution < -0.4 is 10.5 Å². The van der Waals surface area contributed by atoms with E-state index in [0.717, 1.165) is 42.0 Å². The molecule has 1 saturated heterocycles. The number of carboxylic acids is 1. The Morgan fingerprint density at radius 2 is 2.14 bits per heavy atom. The van der Waals surface area contributed by atoms with E-state index in [0.29, 0.717) is 45.6 Å². The van der Waals surface area contributed by atoms with E-state index in [1.54, 1.807) is 6.20 Å². The lowest BCUT2D eigenvalue weighted by Gasteiger charge is -2.29. The zero-order valence-electron chi connectivity index (χ0n) is 21.4. The lowest BCUT2D eigenvalue weighted by Crippen LogP contribution is -2.45. The van der Waals surface area contributed by atoms with Crippen molar-refractivity contribution in [1.29, 1.82) is 0 Å². The van der Waals surface area contributed by atoms with Crippen molar-refractivity contribution in [3.05, 3.63) is 47.5 Å². The van der Waals surface area contributed by atoms with Gasteiger partial charge in [0.15, 0.2) is 0 Å². The zero-order chi connectivity index (χ0) is 25.7. The molecule has 0 aliphatic carbocycles. The van der Waals surface area contributed by atoms with Crippen LogP contribution in [-0.2, 0) is 29.5 Å². The number of nitrogens with zero attached hydrogens (tertiary/aromatic N) is 4. The molecule has 36 heavy (non-hydrogen) atoms. The van der Waals surface area contributed by atoms with Crippen LogP contribution >= 0.6 is 0 Å². The van der Waals surface area contributed by atoms with Crippen molar-refractivity contribution < 1.29 is 19.4 Å². The number of aliphatic carboxylic acids is 1. The first-order chi connectivity index (χ1) is 17.4. The number of fused-ring (bicyclic) bond motifs is 1. The molecule has 0 unspecified atom stereocenters. The molecule has 0 spiro atoms. The Morgan fingerprint density at radius 1 is 1.31 bits per heavy atom. The van der Waals surface area contributed by atoms with Gasteiger partial charge in [0, 0.05) is 70.4 Å². The van der Waals surface area contributed by atoms with Crippen LogP contribution in [0.2, 0.25) is 0 Å². The molecule has 9 heteroatoms. The molecular formula is C27H39N5O4. The quantitative estimate of drug-likeness (QED) is 0.461. The number of aryl methyl sites for hydroxylation is 2. The van der Waals surface area contributed by atoms with Crippen LogP contribution in [0.25, 0.3) is 0 Å². The van der Waals surface area contributed by atoms with Gasteiger partial charge in [-0.2, -0.15) is 0 Å². The minimum Gasteiger partial charge on any atom is -0.493 e. The number of unbranched alkanes of at least 4 members (excludes halogenated alkanes) is 1. The van der Waals surface area contributed by atoms with Crippen LogP contribution in [0.3, 0.4) is 0 Å². The van der Waals surface area contributed by atoms with Crippen LogP contribution in [0.4, 0.5) is 0 Å². The zero-order valence-corrected chi connectivity index (χ0v) is 21.4. The number of aromatic nitrogens is 2. The second-order valence-corrected chi connectivity index (χ2v) is 9.95.